The van der Waals surface area contributed by atoms with Crippen LogP contribution in [0.2, 0.25) is 0 Å². The molecule has 4 heteroatoms. The van der Waals surface area contributed by atoms with Crippen molar-refractivity contribution in [2.75, 3.05) is 31.6 Å². The molecule has 0 bridgehead atoms. The van der Waals surface area contributed by atoms with Crippen molar-refractivity contribution in [2.45, 2.75) is 12.8 Å². The average Bonchev–Trinajstić information content (AvgIpc) is 3.05. The Labute approximate surface area is 107 Å². The van der Waals surface area contributed by atoms with E-state index in [-0.39, 0.29) is 5.91 Å². The number of anilines is 1. The fourth-order valence-corrected chi connectivity index (χ4v) is 2.53. The molecule has 2 heterocycles. The Bertz CT molecular complexity index is 453. The maximum absolute atomic E-state index is 12.0. The maximum Gasteiger partial charge on any atom is 0.251 e. The Kier molecular flexibility index (Phi) is 3.19. The quantitative estimate of drug-likeness (QED) is 0.848. The average molecular weight is 246 g/mol. The van der Waals surface area contributed by atoms with E-state index < -0.39 is 0 Å². The van der Waals surface area contributed by atoms with Crippen molar-refractivity contribution >= 4 is 11.6 Å². The Hall–Kier alpha value is -1.55. The smallest absolute Gasteiger partial charge is 0.251 e. The lowest BCUT2D eigenvalue weighted by Gasteiger charge is -2.10. The summed E-state index contributed by atoms with van der Waals surface area (Å²) >= 11 is 0. The number of carbonyl (C=O) groups excluding carboxylic acids is 1. The Morgan fingerprint density at radius 3 is 3.28 bits per heavy atom. The van der Waals surface area contributed by atoms with Gasteiger partial charge in [-0.2, -0.15) is 0 Å². The van der Waals surface area contributed by atoms with Crippen molar-refractivity contribution in [3.8, 4) is 0 Å². The molecule has 0 aromatic heterocycles. The van der Waals surface area contributed by atoms with Gasteiger partial charge in [0.15, 0.2) is 0 Å². The van der Waals surface area contributed by atoms with Gasteiger partial charge in [-0.3, -0.25) is 4.79 Å². The minimum absolute atomic E-state index is 0.0246. The second-order valence-corrected chi connectivity index (χ2v) is 4.99. The number of ether oxygens (including phenoxy) is 1. The van der Waals surface area contributed by atoms with E-state index in [4.69, 9.17) is 4.74 Å². The summed E-state index contributed by atoms with van der Waals surface area (Å²) in [5.41, 5.74) is 3.17. The molecule has 2 aliphatic rings. The van der Waals surface area contributed by atoms with Crippen LogP contribution in [0.15, 0.2) is 18.2 Å². The van der Waals surface area contributed by atoms with Crippen LogP contribution >= 0.6 is 0 Å². The van der Waals surface area contributed by atoms with Crippen molar-refractivity contribution in [2.24, 2.45) is 5.92 Å². The highest BCUT2D eigenvalue weighted by Gasteiger charge is 2.17. The van der Waals surface area contributed by atoms with E-state index in [2.05, 4.69) is 10.6 Å². The Morgan fingerprint density at radius 2 is 2.44 bits per heavy atom. The first-order valence-corrected chi connectivity index (χ1v) is 6.55. The summed E-state index contributed by atoms with van der Waals surface area (Å²) in [4.78, 5) is 12.0. The van der Waals surface area contributed by atoms with Gasteiger partial charge in [0.2, 0.25) is 0 Å². The highest BCUT2D eigenvalue weighted by Crippen LogP contribution is 2.23. The van der Waals surface area contributed by atoms with E-state index in [1.54, 1.807) is 0 Å². The normalized spacial score (nSPS) is 21.4. The molecule has 1 aromatic carbocycles. The topological polar surface area (TPSA) is 50.4 Å². The van der Waals surface area contributed by atoms with E-state index >= 15 is 0 Å². The van der Waals surface area contributed by atoms with Gasteiger partial charge in [0.1, 0.15) is 0 Å². The van der Waals surface area contributed by atoms with Gasteiger partial charge >= 0.3 is 0 Å². The van der Waals surface area contributed by atoms with Crippen LogP contribution in [0, 0.1) is 5.92 Å². The van der Waals surface area contributed by atoms with Crippen molar-refractivity contribution in [3.63, 3.8) is 0 Å². The summed E-state index contributed by atoms with van der Waals surface area (Å²) in [7, 11) is 0. The van der Waals surface area contributed by atoms with Crippen LogP contribution in [0.25, 0.3) is 0 Å². The van der Waals surface area contributed by atoms with E-state index in [0.717, 1.165) is 43.9 Å². The Morgan fingerprint density at radius 1 is 1.50 bits per heavy atom. The van der Waals surface area contributed by atoms with Gasteiger partial charge in [-0.05, 0) is 36.6 Å². The lowest BCUT2D eigenvalue weighted by Crippen LogP contribution is -2.29. The van der Waals surface area contributed by atoms with Crippen molar-refractivity contribution in [3.05, 3.63) is 29.3 Å². The molecule has 96 valence electrons. The van der Waals surface area contributed by atoms with Gasteiger partial charge in [-0.15, -0.1) is 0 Å². The van der Waals surface area contributed by atoms with Crippen molar-refractivity contribution < 1.29 is 9.53 Å². The number of rotatable bonds is 3. The minimum atomic E-state index is 0.0246. The predicted octanol–water partition coefficient (Wildman–Crippen LogP) is 1.42. The number of nitrogens with one attached hydrogen (secondary N) is 2. The highest BCUT2D eigenvalue weighted by molar-refractivity contribution is 5.95. The molecule has 0 saturated carbocycles. The van der Waals surface area contributed by atoms with Gasteiger partial charge in [0.25, 0.3) is 5.91 Å². The molecule has 0 aliphatic carbocycles. The van der Waals surface area contributed by atoms with E-state index in [1.807, 2.05) is 18.2 Å². The van der Waals surface area contributed by atoms with E-state index in [0.29, 0.717) is 12.5 Å². The summed E-state index contributed by atoms with van der Waals surface area (Å²) in [6.45, 7) is 3.29. The molecule has 2 N–H and O–H groups in total. The zero-order valence-corrected chi connectivity index (χ0v) is 10.4. The van der Waals surface area contributed by atoms with E-state index in [9.17, 15) is 4.79 Å². The zero-order chi connectivity index (χ0) is 12.4. The number of hydrogen-bond donors (Lipinski definition) is 2. The molecular formula is C14H18N2O2. The fraction of sp³-hybridized carbons (Fsp3) is 0.500. The molecule has 1 amide bonds. The van der Waals surface area contributed by atoms with Gasteiger partial charge in [0, 0.05) is 36.9 Å². The van der Waals surface area contributed by atoms with Crippen LogP contribution in [0.4, 0.5) is 5.69 Å². The van der Waals surface area contributed by atoms with Crippen LogP contribution in [0.3, 0.4) is 0 Å². The lowest BCUT2D eigenvalue weighted by atomic mass is 10.1. The predicted molar refractivity (Wildman–Crippen MR) is 69.9 cm³/mol. The summed E-state index contributed by atoms with van der Waals surface area (Å²) in [5.74, 6) is 0.502. The third-order valence-electron chi connectivity index (χ3n) is 3.65. The first-order chi connectivity index (χ1) is 8.83. The van der Waals surface area contributed by atoms with Gasteiger partial charge in [-0.25, -0.2) is 0 Å². The number of hydrogen-bond acceptors (Lipinski definition) is 3. The second kappa shape index (κ2) is 4.98. The monoisotopic (exact) mass is 246 g/mol. The lowest BCUT2D eigenvalue weighted by molar-refractivity contribution is 0.0945. The summed E-state index contributed by atoms with van der Waals surface area (Å²) in [6.07, 6.45) is 2.06. The molecule has 4 nitrogen and oxygen atoms in total. The number of fused-ring (bicyclic) bond motifs is 1. The largest absolute Gasteiger partial charge is 0.384 e. The van der Waals surface area contributed by atoms with Crippen molar-refractivity contribution in [1.29, 1.82) is 0 Å². The summed E-state index contributed by atoms with van der Waals surface area (Å²) < 4.78 is 5.30. The minimum Gasteiger partial charge on any atom is -0.384 e. The zero-order valence-electron chi connectivity index (χ0n) is 10.4. The first kappa shape index (κ1) is 11.5. The second-order valence-electron chi connectivity index (χ2n) is 4.99. The third kappa shape index (κ3) is 2.34. The fourth-order valence-electron chi connectivity index (χ4n) is 2.53. The maximum atomic E-state index is 12.0. The molecule has 1 unspecified atom stereocenters. The molecule has 3 rings (SSSR count). The molecule has 1 aromatic rings. The van der Waals surface area contributed by atoms with Crippen LogP contribution in [-0.4, -0.2) is 32.2 Å². The number of amides is 1. The molecule has 0 radical (unpaired) electrons. The standard InChI is InChI=1S/C14H18N2O2/c17-14(16-8-10-4-6-18-9-10)12-1-2-13-11(7-12)3-5-15-13/h1-2,7,10,15H,3-6,8-9H2,(H,16,17). The summed E-state index contributed by atoms with van der Waals surface area (Å²) in [5, 5.41) is 6.29. The van der Waals surface area contributed by atoms with Crippen molar-refractivity contribution in [1.82, 2.24) is 5.32 Å². The first-order valence-electron chi connectivity index (χ1n) is 6.55. The molecule has 0 spiro atoms. The van der Waals surface area contributed by atoms with Crippen LogP contribution in [-0.2, 0) is 11.2 Å². The Balaban J connectivity index is 1.61. The van der Waals surface area contributed by atoms with E-state index in [1.165, 1.54) is 5.56 Å². The molecule has 18 heavy (non-hydrogen) atoms. The molecule has 1 saturated heterocycles. The van der Waals surface area contributed by atoms with Crippen LogP contribution in [0.1, 0.15) is 22.3 Å². The van der Waals surface area contributed by atoms with Gasteiger partial charge < -0.3 is 15.4 Å². The third-order valence-corrected chi connectivity index (χ3v) is 3.65. The molecule has 1 atom stereocenters. The number of carbonyl (C=O) groups is 1. The molecule has 2 aliphatic heterocycles. The van der Waals surface area contributed by atoms with Gasteiger partial charge in [0.05, 0.1) is 6.61 Å². The SMILES string of the molecule is O=C(NCC1CCOC1)c1ccc2c(c1)CCN2. The van der Waals surface area contributed by atoms with Gasteiger partial charge in [-0.1, -0.05) is 0 Å². The molecule has 1 fully saturated rings. The van der Waals surface area contributed by atoms with Crippen LogP contribution < -0.4 is 10.6 Å². The number of benzene rings is 1. The summed E-state index contributed by atoms with van der Waals surface area (Å²) in [6, 6.07) is 5.88. The highest BCUT2D eigenvalue weighted by atomic mass is 16.5. The van der Waals surface area contributed by atoms with Crippen LogP contribution in [0.5, 0.6) is 0 Å². The molecular weight excluding hydrogens is 228 g/mol.